The quantitative estimate of drug-likeness (QED) is 0.826. The highest BCUT2D eigenvalue weighted by Gasteiger charge is 2.28. The zero-order valence-electron chi connectivity index (χ0n) is 16.0. The summed E-state index contributed by atoms with van der Waals surface area (Å²) in [6, 6.07) is 18.3. The van der Waals surface area contributed by atoms with E-state index in [2.05, 4.69) is 17.0 Å². The van der Waals surface area contributed by atoms with Crippen LogP contribution in [0.4, 0.5) is 0 Å². The first-order valence-corrected chi connectivity index (χ1v) is 9.29. The highest BCUT2D eigenvalue weighted by atomic mass is 35.5. The number of amides is 1. The molecule has 0 aliphatic carbocycles. The number of aliphatic hydroxyl groups is 1. The minimum absolute atomic E-state index is 0. The Morgan fingerprint density at radius 1 is 1.19 bits per heavy atom. The van der Waals surface area contributed by atoms with Gasteiger partial charge in [0.1, 0.15) is 0 Å². The topological polar surface area (TPSA) is 43.8 Å². The second-order valence-corrected chi connectivity index (χ2v) is 7.30. The summed E-state index contributed by atoms with van der Waals surface area (Å²) in [5, 5.41) is 9.83. The fraction of sp³-hybridized carbons (Fsp3) is 0.409. The lowest BCUT2D eigenvalue weighted by molar-refractivity contribution is -0.131. The molecule has 1 aliphatic heterocycles. The highest BCUT2D eigenvalue weighted by molar-refractivity contribution is 5.85. The average molecular weight is 389 g/mol. The van der Waals surface area contributed by atoms with Crippen molar-refractivity contribution in [2.45, 2.75) is 31.9 Å². The summed E-state index contributed by atoms with van der Waals surface area (Å²) in [5.41, 5.74) is 3.37. The summed E-state index contributed by atoms with van der Waals surface area (Å²) in [7, 11) is 1.89. The Balaban J connectivity index is 0.00000261. The van der Waals surface area contributed by atoms with Crippen LogP contribution in [0.2, 0.25) is 0 Å². The molecule has 1 aliphatic rings. The molecule has 0 spiro atoms. The van der Waals surface area contributed by atoms with Gasteiger partial charge in [0.25, 0.3) is 0 Å². The van der Waals surface area contributed by atoms with Crippen molar-refractivity contribution in [3.05, 3.63) is 71.3 Å². The average Bonchev–Trinajstić information content (AvgIpc) is 3.07. The molecule has 2 aromatic carbocycles. The van der Waals surface area contributed by atoms with Gasteiger partial charge in [-0.1, -0.05) is 60.2 Å². The first-order valence-electron chi connectivity index (χ1n) is 9.29. The molecule has 27 heavy (non-hydrogen) atoms. The Bertz CT molecular complexity index is 721. The van der Waals surface area contributed by atoms with Crippen molar-refractivity contribution in [3.63, 3.8) is 0 Å². The summed E-state index contributed by atoms with van der Waals surface area (Å²) in [5.74, 6) is 0.113. The molecule has 0 aromatic heterocycles. The molecule has 1 N–H and O–H groups in total. The molecule has 0 saturated carbocycles. The van der Waals surface area contributed by atoms with E-state index in [0.717, 1.165) is 30.6 Å². The van der Waals surface area contributed by atoms with E-state index in [1.807, 2.05) is 61.3 Å². The van der Waals surface area contributed by atoms with Crippen LogP contribution in [0.15, 0.2) is 54.6 Å². The molecule has 1 heterocycles. The highest BCUT2D eigenvalue weighted by Crippen LogP contribution is 2.24. The molecule has 2 atom stereocenters. The Labute approximate surface area is 168 Å². The van der Waals surface area contributed by atoms with Gasteiger partial charge in [0.2, 0.25) is 5.91 Å². The van der Waals surface area contributed by atoms with Gasteiger partial charge in [0.05, 0.1) is 18.6 Å². The number of likely N-dealkylation sites (tertiary alicyclic amines) is 1. The van der Waals surface area contributed by atoms with Crippen molar-refractivity contribution in [1.29, 1.82) is 0 Å². The first-order chi connectivity index (χ1) is 12.5. The number of aliphatic hydroxyl groups excluding tert-OH is 1. The van der Waals surface area contributed by atoms with Gasteiger partial charge in [-0.15, -0.1) is 12.4 Å². The number of nitrogens with zero attached hydrogens (tertiary/aromatic N) is 2. The molecule has 0 radical (unpaired) electrons. The summed E-state index contributed by atoms with van der Waals surface area (Å²) in [4.78, 5) is 17.0. The molecule has 1 saturated heterocycles. The number of hydrogen-bond donors (Lipinski definition) is 1. The van der Waals surface area contributed by atoms with E-state index >= 15 is 0 Å². The maximum atomic E-state index is 12.9. The molecular formula is C22H29ClN2O2. The Morgan fingerprint density at radius 3 is 2.44 bits per heavy atom. The lowest BCUT2D eigenvalue weighted by atomic mass is 10.0. The zero-order valence-corrected chi connectivity index (χ0v) is 16.9. The predicted molar refractivity (Wildman–Crippen MR) is 111 cm³/mol. The standard InChI is InChI=1S/C22H28N2O2.ClH/c1-17-8-10-18(11-9-17)14-22(26)23(2)21(19-6-4-3-5-7-19)16-24-13-12-20(25)15-24;/h3-11,20-21,25H,12-16H2,1-2H3;1H/t20-,21+;/m0./s1. The van der Waals surface area contributed by atoms with Gasteiger partial charge in [0, 0.05) is 26.7 Å². The lowest BCUT2D eigenvalue weighted by Crippen LogP contribution is -2.39. The van der Waals surface area contributed by atoms with Gasteiger partial charge in [-0.05, 0) is 24.5 Å². The van der Waals surface area contributed by atoms with Gasteiger partial charge in [-0.2, -0.15) is 0 Å². The molecular weight excluding hydrogens is 360 g/mol. The summed E-state index contributed by atoms with van der Waals surface area (Å²) < 4.78 is 0. The Kier molecular flexibility index (Phi) is 7.84. The Hall–Kier alpha value is -1.88. The molecule has 4 nitrogen and oxygen atoms in total. The summed E-state index contributed by atoms with van der Waals surface area (Å²) in [6.45, 7) is 4.36. The van der Waals surface area contributed by atoms with E-state index in [9.17, 15) is 9.90 Å². The minimum Gasteiger partial charge on any atom is -0.392 e. The van der Waals surface area contributed by atoms with Gasteiger partial charge in [0.15, 0.2) is 0 Å². The second-order valence-electron chi connectivity index (χ2n) is 7.30. The number of carbonyl (C=O) groups is 1. The zero-order chi connectivity index (χ0) is 18.5. The largest absolute Gasteiger partial charge is 0.392 e. The van der Waals surface area contributed by atoms with Gasteiger partial charge < -0.3 is 10.0 Å². The van der Waals surface area contributed by atoms with Crippen LogP contribution in [0.5, 0.6) is 0 Å². The van der Waals surface area contributed by atoms with Crippen LogP contribution in [0.25, 0.3) is 0 Å². The van der Waals surface area contributed by atoms with Crippen molar-refractivity contribution in [2.75, 3.05) is 26.7 Å². The smallest absolute Gasteiger partial charge is 0.227 e. The maximum Gasteiger partial charge on any atom is 0.227 e. The summed E-state index contributed by atoms with van der Waals surface area (Å²) in [6.07, 6.45) is 0.964. The molecule has 0 unspecified atom stereocenters. The van der Waals surface area contributed by atoms with Gasteiger partial charge >= 0.3 is 0 Å². The van der Waals surface area contributed by atoms with Crippen LogP contribution in [0, 0.1) is 6.92 Å². The van der Waals surface area contributed by atoms with Crippen LogP contribution >= 0.6 is 12.4 Å². The third-order valence-electron chi connectivity index (χ3n) is 5.20. The van der Waals surface area contributed by atoms with E-state index in [0.29, 0.717) is 13.0 Å². The number of β-amino-alcohol motifs (C(OH)–C–C–N with tert-alkyl or cyclic N) is 1. The van der Waals surface area contributed by atoms with Crippen molar-refractivity contribution in [2.24, 2.45) is 0 Å². The van der Waals surface area contributed by atoms with Crippen molar-refractivity contribution >= 4 is 18.3 Å². The van der Waals surface area contributed by atoms with Crippen LogP contribution < -0.4 is 0 Å². The van der Waals surface area contributed by atoms with E-state index in [-0.39, 0.29) is 30.5 Å². The maximum absolute atomic E-state index is 12.9. The fourth-order valence-corrected chi connectivity index (χ4v) is 3.53. The molecule has 3 rings (SSSR count). The fourth-order valence-electron chi connectivity index (χ4n) is 3.53. The number of hydrogen-bond acceptors (Lipinski definition) is 3. The minimum atomic E-state index is -0.250. The molecule has 1 amide bonds. The van der Waals surface area contributed by atoms with Crippen LogP contribution in [0.1, 0.15) is 29.2 Å². The number of likely N-dealkylation sites (N-methyl/N-ethyl adjacent to an activating group) is 1. The number of carbonyl (C=O) groups excluding carboxylic acids is 1. The number of halogens is 1. The summed E-state index contributed by atoms with van der Waals surface area (Å²) >= 11 is 0. The molecule has 0 bridgehead atoms. The molecule has 2 aromatic rings. The molecule has 5 heteroatoms. The van der Waals surface area contributed by atoms with Crippen LogP contribution in [-0.4, -0.2) is 53.6 Å². The van der Waals surface area contributed by atoms with E-state index < -0.39 is 0 Å². The van der Waals surface area contributed by atoms with Crippen LogP contribution in [-0.2, 0) is 11.2 Å². The number of benzene rings is 2. The third-order valence-corrected chi connectivity index (χ3v) is 5.20. The van der Waals surface area contributed by atoms with Crippen molar-refractivity contribution in [1.82, 2.24) is 9.80 Å². The van der Waals surface area contributed by atoms with Crippen molar-refractivity contribution in [3.8, 4) is 0 Å². The molecule has 1 fully saturated rings. The van der Waals surface area contributed by atoms with E-state index in [1.54, 1.807) is 0 Å². The second kappa shape index (κ2) is 9.88. The van der Waals surface area contributed by atoms with Crippen molar-refractivity contribution < 1.29 is 9.90 Å². The third kappa shape index (κ3) is 5.80. The van der Waals surface area contributed by atoms with E-state index in [4.69, 9.17) is 0 Å². The Morgan fingerprint density at radius 2 is 1.85 bits per heavy atom. The lowest BCUT2D eigenvalue weighted by Gasteiger charge is -2.32. The molecule has 146 valence electrons. The number of rotatable bonds is 6. The SMILES string of the molecule is Cc1ccc(CC(=O)N(C)[C@H](CN2CC[C@H](O)C2)c2ccccc2)cc1.Cl. The monoisotopic (exact) mass is 388 g/mol. The normalized spacial score (nSPS) is 18.0. The van der Waals surface area contributed by atoms with Gasteiger partial charge in [-0.25, -0.2) is 0 Å². The van der Waals surface area contributed by atoms with Crippen LogP contribution in [0.3, 0.4) is 0 Å². The first kappa shape index (κ1) is 21.4. The number of aryl methyl sites for hydroxylation is 1. The van der Waals surface area contributed by atoms with Gasteiger partial charge in [-0.3, -0.25) is 9.69 Å². The predicted octanol–water partition coefficient (Wildman–Crippen LogP) is 3.23. The van der Waals surface area contributed by atoms with E-state index in [1.165, 1.54) is 5.56 Å².